The maximum absolute atomic E-state index is 12.7. The number of aryl methyl sites for hydroxylation is 1. The number of hydrogen-bond donors (Lipinski definition) is 3. The van der Waals surface area contributed by atoms with E-state index in [1.807, 2.05) is 37.3 Å². The van der Waals surface area contributed by atoms with Crippen molar-refractivity contribution in [3.63, 3.8) is 0 Å². The summed E-state index contributed by atoms with van der Waals surface area (Å²) in [7, 11) is 1.58. The highest BCUT2D eigenvalue weighted by atomic mass is 16.2. The number of urea groups is 1. The van der Waals surface area contributed by atoms with Crippen LogP contribution in [0.25, 0.3) is 0 Å². The Morgan fingerprint density at radius 2 is 1.90 bits per heavy atom. The summed E-state index contributed by atoms with van der Waals surface area (Å²) in [4.78, 5) is 38.3. The topological polar surface area (TPSA) is 90.5 Å². The second-order valence-corrected chi connectivity index (χ2v) is 7.11. The largest absolute Gasteiger partial charge is 0.355 e. The number of nitrogens with one attached hydrogen (secondary N) is 3. The number of anilines is 1. The van der Waals surface area contributed by atoms with E-state index in [4.69, 9.17) is 0 Å². The first kappa shape index (κ1) is 20.4. The number of carbonyl (C=O) groups is 3. The summed E-state index contributed by atoms with van der Waals surface area (Å²) in [6, 6.07) is 14.0. The fraction of sp³-hybridized carbons (Fsp3) is 0.318. The molecule has 0 aliphatic carbocycles. The molecule has 1 fully saturated rings. The van der Waals surface area contributed by atoms with Crippen LogP contribution in [0.5, 0.6) is 0 Å². The number of likely N-dealkylation sites (tertiary alicyclic amines) is 1. The van der Waals surface area contributed by atoms with Gasteiger partial charge in [0.15, 0.2) is 0 Å². The van der Waals surface area contributed by atoms with Gasteiger partial charge in [-0.1, -0.05) is 30.3 Å². The predicted molar refractivity (Wildman–Crippen MR) is 112 cm³/mol. The van der Waals surface area contributed by atoms with E-state index in [1.54, 1.807) is 30.1 Å². The fourth-order valence-corrected chi connectivity index (χ4v) is 3.44. The number of amides is 4. The fourth-order valence-electron chi connectivity index (χ4n) is 3.44. The summed E-state index contributed by atoms with van der Waals surface area (Å²) in [6.45, 7) is 2.98. The summed E-state index contributed by atoms with van der Waals surface area (Å²) in [5, 5.41) is 8.41. The average Bonchev–Trinajstić information content (AvgIpc) is 3.13. The lowest BCUT2D eigenvalue weighted by Crippen LogP contribution is -2.40. The second-order valence-electron chi connectivity index (χ2n) is 7.11. The van der Waals surface area contributed by atoms with Gasteiger partial charge < -0.3 is 20.9 Å². The summed E-state index contributed by atoms with van der Waals surface area (Å²) in [6.07, 6.45) is 1.41. The van der Waals surface area contributed by atoms with Crippen LogP contribution >= 0.6 is 0 Å². The highest BCUT2D eigenvalue weighted by Crippen LogP contribution is 2.20. The average molecular weight is 394 g/mol. The van der Waals surface area contributed by atoms with Crippen LogP contribution in [0, 0.1) is 6.92 Å². The minimum atomic E-state index is -0.360. The highest BCUT2D eigenvalue weighted by Gasteiger charge is 2.25. The first-order chi connectivity index (χ1) is 14.0. The minimum Gasteiger partial charge on any atom is -0.355 e. The molecule has 0 aromatic heterocycles. The summed E-state index contributed by atoms with van der Waals surface area (Å²) in [5.74, 6) is -0.0581. The van der Waals surface area contributed by atoms with Crippen molar-refractivity contribution in [1.82, 2.24) is 15.5 Å². The molecule has 29 heavy (non-hydrogen) atoms. The van der Waals surface area contributed by atoms with Crippen LogP contribution in [-0.2, 0) is 4.79 Å². The molecule has 1 heterocycles. The first-order valence-electron chi connectivity index (χ1n) is 9.71. The molecule has 1 aliphatic rings. The highest BCUT2D eigenvalue weighted by molar-refractivity contribution is 5.96. The quantitative estimate of drug-likeness (QED) is 0.704. The molecular formula is C22H26N4O3. The van der Waals surface area contributed by atoms with Gasteiger partial charge in [0.1, 0.15) is 0 Å². The zero-order valence-electron chi connectivity index (χ0n) is 16.7. The van der Waals surface area contributed by atoms with Crippen molar-refractivity contribution in [3.8, 4) is 0 Å². The van der Waals surface area contributed by atoms with Crippen molar-refractivity contribution in [1.29, 1.82) is 0 Å². The molecule has 3 rings (SSSR count). The van der Waals surface area contributed by atoms with Crippen molar-refractivity contribution >= 4 is 23.5 Å². The van der Waals surface area contributed by atoms with Gasteiger partial charge in [-0.2, -0.15) is 0 Å². The molecule has 0 bridgehead atoms. The Bertz CT molecular complexity index is 898. The Balaban J connectivity index is 1.71. The number of carbonyl (C=O) groups excluding carboxylic acids is 3. The molecule has 3 N–H and O–H groups in total. The third-order valence-electron chi connectivity index (χ3n) is 5.05. The maximum Gasteiger partial charge on any atom is 0.319 e. The molecule has 7 nitrogen and oxygen atoms in total. The molecule has 4 amide bonds. The normalized spacial score (nSPS) is 14.4. The molecule has 1 aliphatic heterocycles. The van der Waals surface area contributed by atoms with Crippen LogP contribution in [0.4, 0.5) is 10.5 Å². The zero-order valence-corrected chi connectivity index (χ0v) is 16.7. The van der Waals surface area contributed by atoms with E-state index in [1.165, 1.54) is 0 Å². The van der Waals surface area contributed by atoms with Crippen LogP contribution in [0.1, 0.15) is 40.4 Å². The van der Waals surface area contributed by atoms with Gasteiger partial charge in [0, 0.05) is 37.8 Å². The molecule has 0 radical (unpaired) electrons. The molecule has 7 heteroatoms. The van der Waals surface area contributed by atoms with E-state index in [-0.39, 0.29) is 23.9 Å². The first-order valence-corrected chi connectivity index (χ1v) is 9.71. The van der Waals surface area contributed by atoms with Crippen molar-refractivity contribution in [2.45, 2.75) is 25.8 Å². The van der Waals surface area contributed by atoms with Crippen LogP contribution in [0.15, 0.2) is 48.5 Å². The molecule has 152 valence electrons. The molecule has 1 unspecified atom stereocenters. The van der Waals surface area contributed by atoms with E-state index in [9.17, 15) is 14.4 Å². The standard InChI is InChI=1S/C22H26N4O3/c1-15-13-17(21(28)23-2)10-11-18(15)24-22(29)25-19(16-7-4-3-5-8-16)14-26-12-6-9-20(26)27/h3-5,7-8,10-11,13,19H,6,9,12,14H2,1-2H3,(H,23,28)(H2,24,25,29). The van der Waals surface area contributed by atoms with Crippen molar-refractivity contribution in [2.75, 3.05) is 25.5 Å². The van der Waals surface area contributed by atoms with Crippen molar-refractivity contribution in [2.24, 2.45) is 0 Å². The van der Waals surface area contributed by atoms with Crippen LogP contribution in [0.2, 0.25) is 0 Å². The van der Waals surface area contributed by atoms with E-state index in [0.717, 1.165) is 17.5 Å². The monoisotopic (exact) mass is 394 g/mol. The Morgan fingerprint density at radius 1 is 1.14 bits per heavy atom. The van der Waals surface area contributed by atoms with E-state index in [0.29, 0.717) is 30.8 Å². The third-order valence-corrected chi connectivity index (χ3v) is 5.05. The van der Waals surface area contributed by atoms with Gasteiger partial charge in [-0.15, -0.1) is 0 Å². The second kappa shape index (κ2) is 9.23. The van der Waals surface area contributed by atoms with Crippen LogP contribution < -0.4 is 16.0 Å². The van der Waals surface area contributed by atoms with Crippen molar-refractivity contribution < 1.29 is 14.4 Å². The number of rotatable bonds is 6. The van der Waals surface area contributed by atoms with Crippen molar-refractivity contribution in [3.05, 3.63) is 65.2 Å². The molecule has 2 aromatic rings. The number of hydrogen-bond acceptors (Lipinski definition) is 3. The summed E-state index contributed by atoms with van der Waals surface area (Å²) >= 11 is 0. The number of nitrogens with zero attached hydrogens (tertiary/aromatic N) is 1. The van der Waals surface area contributed by atoms with E-state index >= 15 is 0 Å². The van der Waals surface area contributed by atoms with E-state index in [2.05, 4.69) is 16.0 Å². The Kier molecular flexibility index (Phi) is 6.49. The molecule has 0 saturated carbocycles. The SMILES string of the molecule is CNC(=O)c1ccc(NC(=O)NC(CN2CCCC2=O)c2ccccc2)c(C)c1. The van der Waals surface area contributed by atoms with Gasteiger partial charge >= 0.3 is 6.03 Å². The lowest BCUT2D eigenvalue weighted by Gasteiger charge is -2.25. The van der Waals surface area contributed by atoms with Crippen LogP contribution in [-0.4, -0.2) is 42.9 Å². The third kappa shape index (κ3) is 5.13. The molecule has 0 spiro atoms. The lowest BCUT2D eigenvalue weighted by atomic mass is 10.1. The van der Waals surface area contributed by atoms with Gasteiger partial charge in [0.2, 0.25) is 5.91 Å². The van der Waals surface area contributed by atoms with Gasteiger partial charge in [-0.3, -0.25) is 9.59 Å². The molecular weight excluding hydrogens is 368 g/mol. The van der Waals surface area contributed by atoms with Gasteiger partial charge in [0.05, 0.1) is 6.04 Å². The van der Waals surface area contributed by atoms with Gasteiger partial charge in [-0.05, 0) is 42.7 Å². The Morgan fingerprint density at radius 3 is 2.52 bits per heavy atom. The number of benzene rings is 2. The lowest BCUT2D eigenvalue weighted by molar-refractivity contribution is -0.128. The summed E-state index contributed by atoms with van der Waals surface area (Å²) < 4.78 is 0. The van der Waals surface area contributed by atoms with Gasteiger partial charge in [-0.25, -0.2) is 4.79 Å². The minimum absolute atomic E-state index is 0.119. The maximum atomic E-state index is 12.7. The molecule has 2 aromatic carbocycles. The van der Waals surface area contributed by atoms with Crippen LogP contribution in [0.3, 0.4) is 0 Å². The van der Waals surface area contributed by atoms with Gasteiger partial charge in [0.25, 0.3) is 5.91 Å². The Labute approximate surface area is 170 Å². The molecule has 1 saturated heterocycles. The summed E-state index contributed by atoms with van der Waals surface area (Å²) in [5.41, 5.74) is 2.88. The Hall–Kier alpha value is -3.35. The predicted octanol–water partition coefficient (Wildman–Crippen LogP) is 2.84. The smallest absolute Gasteiger partial charge is 0.319 e. The molecule has 1 atom stereocenters. The van der Waals surface area contributed by atoms with E-state index < -0.39 is 0 Å². The zero-order chi connectivity index (χ0) is 20.8.